The zero-order valence-corrected chi connectivity index (χ0v) is 24.2. The van der Waals surface area contributed by atoms with Gasteiger partial charge in [0.25, 0.3) is 5.01 Å². The van der Waals surface area contributed by atoms with E-state index in [-0.39, 0.29) is 0 Å². The van der Waals surface area contributed by atoms with E-state index in [0.29, 0.717) is 0 Å². The Morgan fingerprint density at radius 1 is 0.921 bits per heavy atom. The fraction of sp³-hybridized carbons (Fsp3) is 0.303. The third-order valence-corrected chi connectivity index (χ3v) is 8.95. The van der Waals surface area contributed by atoms with Gasteiger partial charge in [-0.15, -0.1) is 0 Å². The molecule has 0 atom stereocenters. The third-order valence-electron chi connectivity index (χ3n) is 7.79. The maximum absolute atomic E-state index is 2.55. The fourth-order valence-electron chi connectivity index (χ4n) is 5.18. The molecule has 196 valence electrons. The molecular formula is C33H40N4S+2. The lowest BCUT2D eigenvalue weighted by Gasteiger charge is -2.40. The summed E-state index contributed by atoms with van der Waals surface area (Å²) in [4.78, 5) is 5.00. The first-order chi connectivity index (χ1) is 18.4. The highest BCUT2D eigenvalue weighted by molar-refractivity contribution is 7.18. The quantitative estimate of drug-likeness (QED) is 0.171. The number of aryl methyl sites for hydroxylation is 1. The van der Waals surface area contributed by atoms with E-state index in [0.717, 1.165) is 30.5 Å². The number of anilines is 2. The fourth-order valence-corrected chi connectivity index (χ4v) is 6.28. The van der Waals surface area contributed by atoms with Crippen LogP contribution in [0.1, 0.15) is 30.8 Å². The van der Waals surface area contributed by atoms with Gasteiger partial charge in [0.2, 0.25) is 5.52 Å². The molecule has 0 amide bonds. The minimum Gasteiger partial charge on any atom is -0.358 e. The summed E-state index contributed by atoms with van der Waals surface area (Å²) < 4.78 is 4.68. The highest BCUT2D eigenvalue weighted by Crippen LogP contribution is 2.42. The van der Waals surface area contributed by atoms with E-state index in [1.54, 1.807) is 0 Å². The molecule has 1 aromatic heterocycles. The van der Waals surface area contributed by atoms with Crippen LogP contribution in [0.5, 0.6) is 0 Å². The van der Waals surface area contributed by atoms with Gasteiger partial charge in [-0.1, -0.05) is 59.9 Å². The number of para-hydroxylation sites is 3. The number of nitrogens with zero attached hydrogens (tertiary/aromatic N) is 4. The predicted molar refractivity (Wildman–Crippen MR) is 163 cm³/mol. The second kappa shape index (κ2) is 11.1. The number of thiazole rings is 1. The summed E-state index contributed by atoms with van der Waals surface area (Å²) in [5, 5.41) is 1.25. The van der Waals surface area contributed by atoms with Crippen LogP contribution in [0.4, 0.5) is 11.4 Å². The number of quaternary nitrogens is 1. The average Bonchev–Trinajstić information content (AvgIpc) is 3.26. The SMILES string of the molecule is CCN(CCC[N+](C)(C)CC)C1=CC(=Cc2sc3ccccc3[n+]2C)c2ccccc2N1c1ccccc1. The number of allylic oxidation sites excluding steroid dienone is 2. The Balaban J connectivity index is 1.62. The molecule has 0 N–H and O–H groups in total. The second-order valence-electron chi connectivity index (χ2n) is 10.7. The van der Waals surface area contributed by atoms with Crippen molar-refractivity contribution in [2.75, 3.05) is 45.2 Å². The summed E-state index contributed by atoms with van der Waals surface area (Å²) >= 11 is 1.85. The minimum absolute atomic E-state index is 0.959. The van der Waals surface area contributed by atoms with E-state index in [9.17, 15) is 0 Å². The Morgan fingerprint density at radius 2 is 1.63 bits per heavy atom. The van der Waals surface area contributed by atoms with Crippen LogP contribution in [0.15, 0.2) is 90.8 Å². The van der Waals surface area contributed by atoms with Crippen molar-refractivity contribution in [3.05, 3.63) is 101 Å². The lowest BCUT2D eigenvalue weighted by atomic mass is 9.97. The number of hydrogen-bond acceptors (Lipinski definition) is 3. The van der Waals surface area contributed by atoms with Gasteiger partial charge in [0, 0.05) is 42.9 Å². The second-order valence-corrected chi connectivity index (χ2v) is 11.7. The molecule has 0 unspecified atom stereocenters. The normalized spacial score (nSPS) is 14.6. The summed E-state index contributed by atoms with van der Waals surface area (Å²) in [5.41, 5.74) is 6.22. The lowest BCUT2D eigenvalue weighted by Crippen LogP contribution is -2.42. The summed E-state index contributed by atoms with van der Waals surface area (Å²) in [7, 11) is 6.83. The van der Waals surface area contributed by atoms with Crippen molar-refractivity contribution in [2.45, 2.75) is 20.3 Å². The molecule has 5 heteroatoms. The van der Waals surface area contributed by atoms with Crippen LogP contribution in [0.2, 0.25) is 0 Å². The topological polar surface area (TPSA) is 10.4 Å². The first kappa shape index (κ1) is 26.2. The van der Waals surface area contributed by atoms with Gasteiger partial charge < -0.3 is 9.38 Å². The van der Waals surface area contributed by atoms with Crippen LogP contribution >= 0.6 is 11.3 Å². The van der Waals surface area contributed by atoms with Crippen molar-refractivity contribution in [1.82, 2.24) is 4.90 Å². The molecule has 0 saturated carbocycles. The van der Waals surface area contributed by atoms with Gasteiger partial charge in [0.05, 0.1) is 32.9 Å². The summed E-state index contributed by atoms with van der Waals surface area (Å²) in [6.07, 6.45) is 5.93. The van der Waals surface area contributed by atoms with Gasteiger partial charge in [0.1, 0.15) is 17.6 Å². The zero-order valence-electron chi connectivity index (χ0n) is 23.4. The van der Waals surface area contributed by atoms with Crippen molar-refractivity contribution in [1.29, 1.82) is 0 Å². The maximum atomic E-state index is 2.55. The van der Waals surface area contributed by atoms with E-state index in [1.807, 2.05) is 11.3 Å². The molecule has 1 aliphatic rings. The zero-order chi connectivity index (χ0) is 26.7. The molecule has 1 aliphatic heterocycles. The van der Waals surface area contributed by atoms with Gasteiger partial charge in [0.15, 0.2) is 0 Å². The van der Waals surface area contributed by atoms with Crippen LogP contribution in [0.25, 0.3) is 21.9 Å². The Labute approximate surface area is 232 Å². The van der Waals surface area contributed by atoms with E-state index in [2.05, 4.69) is 140 Å². The molecule has 0 bridgehead atoms. The molecule has 0 radical (unpaired) electrons. The van der Waals surface area contributed by atoms with Crippen molar-refractivity contribution in [3.8, 4) is 0 Å². The van der Waals surface area contributed by atoms with Gasteiger partial charge in [-0.3, -0.25) is 4.90 Å². The maximum Gasteiger partial charge on any atom is 0.263 e. The van der Waals surface area contributed by atoms with Gasteiger partial charge in [-0.25, -0.2) is 0 Å². The number of benzene rings is 3. The number of aromatic nitrogens is 1. The van der Waals surface area contributed by atoms with Crippen molar-refractivity contribution in [3.63, 3.8) is 0 Å². The highest BCUT2D eigenvalue weighted by Gasteiger charge is 2.28. The van der Waals surface area contributed by atoms with Crippen molar-refractivity contribution in [2.24, 2.45) is 7.05 Å². The molecule has 0 spiro atoms. The summed E-state index contributed by atoms with van der Waals surface area (Å²) in [6, 6.07) is 28.3. The lowest BCUT2D eigenvalue weighted by molar-refractivity contribution is -0.888. The smallest absolute Gasteiger partial charge is 0.263 e. The summed E-state index contributed by atoms with van der Waals surface area (Å²) in [5.74, 6) is 1.24. The standard InChI is InChI=1S/C33H40N4S/c1-6-35(22-15-23-37(4,5)7-2)32-24-26(25-33-34(3)30-20-13-14-21-31(30)38-33)28-18-11-12-19-29(28)36(32)27-16-9-8-10-17-27/h8-14,16-21,24-25H,6-7,15,22-23H2,1-5H3/q+2. The Kier molecular flexibility index (Phi) is 7.68. The van der Waals surface area contributed by atoms with Crippen LogP contribution in [-0.2, 0) is 7.05 Å². The third kappa shape index (κ3) is 5.27. The Hall–Kier alpha value is -3.41. The number of rotatable bonds is 9. The molecule has 3 aromatic carbocycles. The van der Waals surface area contributed by atoms with E-state index >= 15 is 0 Å². The average molecular weight is 525 g/mol. The monoisotopic (exact) mass is 524 g/mol. The van der Waals surface area contributed by atoms with Crippen LogP contribution in [0, 0.1) is 0 Å². The first-order valence-corrected chi connectivity index (χ1v) is 14.6. The van der Waals surface area contributed by atoms with Gasteiger partial charge >= 0.3 is 0 Å². The predicted octanol–water partition coefficient (Wildman–Crippen LogP) is 7.07. The summed E-state index contributed by atoms with van der Waals surface area (Å²) in [6.45, 7) is 8.86. The van der Waals surface area contributed by atoms with E-state index < -0.39 is 0 Å². The van der Waals surface area contributed by atoms with Crippen molar-refractivity contribution >= 4 is 44.6 Å². The van der Waals surface area contributed by atoms with E-state index in [4.69, 9.17) is 0 Å². The molecule has 0 aliphatic carbocycles. The molecule has 4 nitrogen and oxygen atoms in total. The molecule has 2 heterocycles. The Morgan fingerprint density at radius 3 is 2.37 bits per heavy atom. The van der Waals surface area contributed by atoms with Crippen molar-refractivity contribution < 1.29 is 9.05 Å². The van der Waals surface area contributed by atoms with Crippen LogP contribution in [-0.4, -0.2) is 49.7 Å². The molecule has 4 aromatic rings. The molecule has 38 heavy (non-hydrogen) atoms. The van der Waals surface area contributed by atoms with E-state index in [1.165, 1.54) is 50.1 Å². The van der Waals surface area contributed by atoms with Gasteiger partial charge in [-0.2, -0.15) is 4.57 Å². The van der Waals surface area contributed by atoms with Crippen LogP contribution < -0.4 is 9.47 Å². The molecule has 0 saturated heterocycles. The first-order valence-electron chi connectivity index (χ1n) is 13.7. The molecular weight excluding hydrogens is 484 g/mol. The largest absolute Gasteiger partial charge is 0.358 e. The number of fused-ring (bicyclic) bond motifs is 2. The highest BCUT2D eigenvalue weighted by atomic mass is 32.1. The van der Waals surface area contributed by atoms with Crippen LogP contribution in [0.3, 0.4) is 0 Å². The molecule has 5 rings (SSSR count). The van der Waals surface area contributed by atoms with Gasteiger partial charge in [-0.05, 0) is 49.8 Å². The Bertz CT molecular complexity index is 1460. The number of hydrogen-bond donors (Lipinski definition) is 0. The minimum atomic E-state index is 0.959. The molecule has 0 fully saturated rings.